The quantitative estimate of drug-likeness (QED) is 0.743. The van der Waals surface area contributed by atoms with Gasteiger partial charge in [0, 0.05) is 11.8 Å². The van der Waals surface area contributed by atoms with Gasteiger partial charge < -0.3 is 9.73 Å². The third-order valence-corrected chi connectivity index (χ3v) is 1.93. The Labute approximate surface area is 85.1 Å². The number of aryl methyl sites for hydroxylation is 1. The minimum atomic E-state index is -0.0474. The van der Waals surface area contributed by atoms with Gasteiger partial charge in [-0.25, -0.2) is 0 Å². The van der Waals surface area contributed by atoms with E-state index < -0.39 is 0 Å². The summed E-state index contributed by atoms with van der Waals surface area (Å²) in [5.74, 6) is 1.46. The van der Waals surface area contributed by atoms with Gasteiger partial charge in [0.05, 0.1) is 0 Å². The standard InChI is InChI=1S/C10H19N3O/c1-10(2,3)9-13-12-8(14-9)6-5-7-11-4/h11H,5-7H2,1-4H3. The number of hydrogen-bond donors (Lipinski definition) is 1. The maximum Gasteiger partial charge on any atom is 0.221 e. The van der Waals surface area contributed by atoms with Crippen LogP contribution in [0.2, 0.25) is 0 Å². The molecule has 0 saturated heterocycles. The van der Waals surface area contributed by atoms with Crippen LogP contribution in [0.5, 0.6) is 0 Å². The van der Waals surface area contributed by atoms with Gasteiger partial charge in [0.25, 0.3) is 0 Å². The van der Waals surface area contributed by atoms with Gasteiger partial charge in [0.1, 0.15) is 0 Å². The largest absolute Gasteiger partial charge is 0.425 e. The lowest BCUT2D eigenvalue weighted by molar-refractivity contribution is 0.369. The van der Waals surface area contributed by atoms with E-state index in [4.69, 9.17) is 4.42 Å². The summed E-state index contributed by atoms with van der Waals surface area (Å²) in [5.41, 5.74) is -0.0474. The van der Waals surface area contributed by atoms with E-state index in [0.717, 1.165) is 31.2 Å². The van der Waals surface area contributed by atoms with Crippen molar-refractivity contribution in [2.24, 2.45) is 0 Å². The Morgan fingerprint density at radius 2 is 2.00 bits per heavy atom. The first-order chi connectivity index (χ1) is 6.54. The molecule has 0 aromatic carbocycles. The van der Waals surface area contributed by atoms with Crippen LogP contribution in [-0.4, -0.2) is 23.8 Å². The van der Waals surface area contributed by atoms with Gasteiger partial charge in [0.15, 0.2) is 0 Å². The molecule has 4 nitrogen and oxygen atoms in total. The molecule has 1 N–H and O–H groups in total. The molecule has 0 atom stereocenters. The van der Waals surface area contributed by atoms with E-state index in [1.165, 1.54) is 0 Å². The summed E-state index contributed by atoms with van der Waals surface area (Å²) in [6, 6.07) is 0. The lowest BCUT2D eigenvalue weighted by Crippen LogP contribution is -2.11. The second-order valence-corrected chi connectivity index (χ2v) is 4.46. The Morgan fingerprint density at radius 3 is 2.50 bits per heavy atom. The molecule has 1 aromatic heterocycles. The molecular formula is C10H19N3O. The summed E-state index contributed by atoms with van der Waals surface area (Å²) in [6.07, 6.45) is 1.88. The summed E-state index contributed by atoms with van der Waals surface area (Å²) < 4.78 is 5.54. The Kier molecular flexibility index (Phi) is 3.63. The maximum absolute atomic E-state index is 5.54. The first-order valence-corrected chi connectivity index (χ1v) is 5.01. The molecule has 80 valence electrons. The highest BCUT2D eigenvalue weighted by Gasteiger charge is 2.20. The Balaban J connectivity index is 2.51. The van der Waals surface area contributed by atoms with E-state index >= 15 is 0 Å². The zero-order valence-electron chi connectivity index (χ0n) is 9.42. The van der Waals surface area contributed by atoms with E-state index in [-0.39, 0.29) is 5.41 Å². The van der Waals surface area contributed by atoms with E-state index in [2.05, 4.69) is 36.3 Å². The van der Waals surface area contributed by atoms with Crippen LogP contribution in [0, 0.1) is 0 Å². The van der Waals surface area contributed by atoms with E-state index in [1.54, 1.807) is 0 Å². The molecule has 4 heteroatoms. The Hall–Kier alpha value is -0.900. The monoisotopic (exact) mass is 197 g/mol. The summed E-state index contributed by atoms with van der Waals surface area (Å²) in [6.45, 7) is 7.18. The molecule has 0 bridgehead atoms. The number of rotatable bonds is 4. The average Bonchev–Trinajstić information content (AvgIpc) is 2.52. The predicted octanol–water partition coefficient (Wildman–Crippen LogP) is 1.52. The normalized spacial score (nSPS) is 12.0. The van der Waals surface area contributed by atoms with Crippen molar-refractivity contribution >= 4 is 0 Å². The van der Waals surface area contributed by atoms with Crippen LogP contribution in [-0.2, 0) is 11.8 Å². The maximum atomic E-state index is 5.54. The minimum absolute atomic E-state index is 0.0474. The third-order valence-electron chi connectivity index (χ3n) is 1.93. The summed E-state index contributed by atoms with van der Waals surface area (Å²) in [4.78, 5) is 0. The average molecular weight is 197 g/mol. The second kappa shape index (κ2) is 4.55. The fourth-order valence-corrected chi connectivity index (χ4v) is 1.07. The van der Waals surface area contributed by atoms with Crippen molar-refractivity contribution < 1.29 is 4.42 Å². The van der Waals surface area contributed by atoms with E-state index in [0.29, 0.717) is 0 Å². The lowest BCUT2D eigenvalue weighted by Gasteiger charge is -2.10. The molecule has 0 aliphatic rings. The smallest absolute Gasteiger partial charge is 0.221 e. The lowest BCUT2D eigenvalue weighted by atomic mass is 9.97. The fraction of sp³-hybridized carbons (Fsp3) is 0.800. The van der Waals surface area contributed by atoms with Crippen LogP contribution in [0.4, 0.5) is 0 Å². The number of hydrogen-bond acceptors (Lipinski definition) is 4. The molecule has 1 heterocycles. The topological polar surface area (TPSA) is 51.0 Å². The van der Waals surface area contributed by atoms with E-state index in [1.807, 2.05) is 7.05 Å². The number of aromatic nitrogens is 2. The van der Waals surface area contributed by atoms with Gasteiger partial charge in [-0.2, -0.15) is 0 Å². The van der Waals surface area contributed by atoms with Crippen LogP contribution in [0.3, 0.4) is 0 Å². The van der Waals surface area contributed by atoms with Crippen LogP contribution in [0.25, 0.3) is 0 Å². The molecule has 0 spiro atoms. The molecule has 14 heavy (non-hydrogen) atoms. The van der Waals surface area contributed by atoms with Crippen molar-refractivity contribution in [3.05, 3.63) is 11.8 Å². The summed E-state index contributed by atoms with van der Waals surface area (Å²) in [5, 5.41) is 11.1. The van der Waals surface area contributed by atoms with Crippen molar-refractivity contribution in [2.75, 3.05) is 13.6 Å². The van der Waals surface area contributed by atoms with Gasteiger partial charge in [0.2, 0.25) is 11.8 Å². The molecule has 0 amide bonds. The highest BCUT2D eigenvalue weighted by Crippen LogP contribution is 2.20. The van der Waals surface area contributed by atoms with Crippen molar-refractivity contribution in [1.29, 1.82) is 0 Å². The zero-order chi connectivity index (χ0) is 10.6. The van der Waals surface area contributed by atoms with Gasteiger partial charge in [-0.1, -0.05) is 20.8 Å². The molecule has 0 saturated carbocycles. The van der Waals surface area contributed by atoms with E-state index in [9.17, 15) is 0 Å². The van der Waals surface area contributed by atoms with Crippen molar-refractivity contribution in [2.45, 2.75) is 39.0 Å². The van der Waals surface area contributed by atoms with Crippen LogP contribution in [0.15, 0.2) is 4.42 Å². The van der Waals surface area contributed by atoms with Gasteiger partial charge in [-0.15, -0.1) is 10.2 Å². The molecule has 0 fully saturated rings. The van der Waals surface area contributed by atoms with Gasteiger partial charge in [-0.3, -0.25) is 0 Å². The third kappa shape index (κ3) is 3.10. The number of nitrogens with one attached hydrogen (secondary N) is 1. The first-order valence-electron chi connectivity index (χ1n) is 5.01. The molecular weight excluding hydrogens is 178 g/mol. The minimum Gasteiger partial charge on any atom is -0.425 e. The second-order valence-electron chi connectivity index (χ2n) is 4.46. The highest BCUT2D eigenvalue weighted by atomic mass is 16.4. The van der Waals surface area contributed by atoms with Crippen LogP contribution < -0.4 is 5.32 Å². The van der Waals surface area contributed by atoms with Gasteiger partial charge in [-0.05, 0) is 20.0 Å². The molecule has 0 unspecified atom stereocenters. The van der Waals surface area contributed by atoms with Crippen molar-refractivity contribution in [1.82, 2.24) is 15.5 Å². The Morgan fingerprint density at radius 1 is 1.29 bits per heavy atom. The molecule has 0 aliphatic heterocycles. The highest BCUT2D eigenvalue weighted by molar-refractivity contribution is 4.96. The Bertz CT molecular complexity index is 275. The van der Waals surface area contributed by atoms with Crippen LogP contribution in [0.1, 0.15) is 39.0 Å². The predicted molar refractivity (Wildman–Crippen MR) is 55.2 cm³/mol. The van der Waals surface area contributed by atoms with Crippen LogP contribution >= 0.6 is 0 Å². The first kappa shape index (κ1) is 11.2. The number of nitrogens with zero attached hydrogens (tertiary/aromatic N) is 2. The van der Waals surface area contributed by atoms with Crippen molar-refractivity contribution in [3.8, 4) is 0 Å². The molecule has 1 aromatic rings. The molecule has 1 rings (SSSR count). The molecule has 0 aliphatic carbocycles. The fourth-order valence-electron chi connectivity index (χ4n) is 1.07. The van der Waals surface area contributed by atoms with Crippen molar-refractivity contribution in [3.63, 3.8) is 0 Å². The summed E-state index contributed by atoms with van der Waals surface area (Å²) in [7, 11) is 1.94. The van der Waals surface area contributed by atoms with Gasteiger partial charge >= 0.3 is 0 Å². The SMILES string of the molecule is CNCCCc1nnc(C(C)(C)C)o1. The summed E-state index contributed by atoms with van der Waals surface area (Å²) >= 11 is 0. The zero-order valence-corrected chi connectivity index (χ0v) is 9.42. The molecule has 0 radical (unpaired) electrons.